The van der Waals surface area contributed by atoms with E-state index in [-0.39, 0.29) is 28.2 Å². The number of anilines is 3. The number of hydrogen-bond acceptors (Lipinski definition) is 8. The van der Waals surface area contributed by atoms with E-state index in [1.54, 1.807) is 19.1 Å². The Balaban J connectivity index is 1.24. The number of aryl methyl sites for hydroxylation is 1. The third-order valence-electron chi connectivity index (χ3n) is 5.82. The van der Waals surface area contributed by atoms with Crippen molar-refractivity contribution in [3.05, 3.63) is 58.5 Å². The van der Waals surface area contributed by atoms with E-state index in [1.807, 2.05) is 0 Å². The van der Waals surface area contributed by atoms with Crippen LogP contribution in [-0.4, -0.2) is 40.1 Å². The molecular formula is C23H22FN5O4S. The molecule has 1 aromatic carbocycles. The number of nitrogens with one attached hydrogen (secondary N) is 2. The molecule has 5 rings (SSSR count). The van der Waals surface area contributed by atoms with Crippen molar-refractivity contribution in [3.8, 4) is 5.75 Å². The molecule has 1 saturated heterocycles. The first-order valence-corrected chi connectivity index (χ1v) is 11.5. The summed E-state index contributed by atoms with van der Waals surface area (Å²) in [6.07, 6.45) is 5.87. The quantitative estimate of drug-likeness (QED) is 0.487. The molecule has 3 heterocycles. The molecule has 4 N–H and O–H groups in total. The zero-order valence-corrected chi connectivity index (χ0v) is 19.1. The van der Waals surface area contributed by atoms with E-state index in [0.717, 1.165) is 30.6 Å². The highest BCUT2D eigenvalue weighted by Gasteiger charge is 2.51. The normalized spacial score (nSPS) is 18.0. The van der Waals surface area contributed by atoms with E-state index in [1.165, 1.54) is 24.5 Å². The van der Waals surface area contributed by atoms with Crippen molar-refractivity contribution in [1.29, 1.82) is 0 Å². The van der Waals surface area contributed by atoms with E-state index in [4.69, 9.17) is 15.2 Å². The molecule has 176 valence electrons. The van der Waals surface area contributed by atoms with Gasteiger partial charge >= 0.3 is 0 Å². The summed E-state index contributed by atoms with van der Waals surface area (Å²) in [5, 5.41) is 5.49. The Bertz CT molecular complexity index is 1260. The van der Waals surface area contributed by atoms with Crippen LogP contribution in [0.4, 0.5) is 21.0 Å². The van der Waals surface area contributed by atoms with Gasteiger partial charge in [0, 0.05) is 12.1 Å². The minimum Gasteiger partial charge on any atom is -0.486 e. The van der Waals surface area contributed by atoms with E-state index < -0.39 is 17.6 Å². The number of aromatic nitrogens is 2. The van der Waals surface area contributed by atoms with Gasteiger partial charge in [0.1, 0.15) is 28.4 Å². The van der Waals surface area contributed by atoms with Crippen LogP contribution in [0, 0.1) is 12.7 Å². The Kier molecular flexibility index (Phi) is 5.66. The average molecular weight is 484 g/mol. The molecule has 1 spiro atoms. The van der Waals surface area contributed by atoms with Crippen LogP contribution < -0.4 is 21.1 Å². The lowest BCUT2D eigenvalue weighted by Gasteiger charge is -2.13. The van der Waals surface area contributed by atoms with E-state index >= 15 is 0 Å². The number of nitrogen functional groups attached to an aromatic ring is 1. The minimum atomic E-state index is -0.717. The van der Waals surface area contributed by atoms with Crippen molar-refractivity contribution in [3.63, 3.8) is 0 Å². The summed E-state index contributed by atoms with van der Waals surface area (Å²) < 4.78 is 26.2. The summed E-state index contributed by atoms with van der Waals surface area (Å²) >= 11 is 1.03. The highest BCUT2D eigenvalue weighted by atomic mass is 32.1. The maximum absolute atomic E-state index is 14.6. The summed E-state index contributed by atoms with van der Waals surface area (Å²) in [6, 6.07) is 5.75. The zero-order chi connectivity index (χ0) is 23.9. The van der Waals surface area contributed by atoms with Gasteiger partial charge in [-0.2, -0.15) is 0 Å². The van der Waals surface area contributed by atoms with Gasteiger partial charge in [-0.15, -0.1) is 0 Å². The van der Waals surface area contributed by atoms with Gasteiger partial charge in [-0.1, -0.05) is 11.3 Å². The van der Waals surface area contributed by atoms with E-state index in [2.05, 4.69) is 20.6 Å². The fourth-order valence-corrected chi connectivity index (χ4v) is 4.40. The van der Waals surface area contributed by atoms with Gasteiger partial charge in [0.2, 0.25) is 0 Å². The van der Waals surface area contributed by atoms with Gasteiger partial charge in [-0.25, -0.2) is 14.4 Å². The van der Waals surface area contributed by atoms with Gasteiger partial charge in [0.05, 0.1) is 30.2 Å². The number of thiazole rings is 1. The second kappa shape index (κ2) is 8.65. The lowest BCUT2D eigenvalue weighted by Crippen LogP contribution is -2.18. The number of nitrogens with zero attached hydrogens (tertiary/aromatic N) is 2. The third-order valence-corrected chi connectivity index (χ3v) is 6.64. The largest absolute Gasteiger partial charge is 0.486 e. The van der Waals surface area contributed by atoms with Gasteiger partial charge in [-0.05, 0) is 49.6 Å². The number of rotatable bonds is 6. The van der Waals surface area contributed by atoms with Gasteiger partial charge in [-0.3, -0.25) is 9.59 Å². The predicted octanol–water partition coefficient (Wildman–Crippen LogP) is 3.77. The molecule has 34 heavy (non-hydrogen) atoms. The molecule has 2 amide bonds. The van der Waals surface area contributed by atoms with E-state index in [9.17, 15) is 14.0 Å². The molecule has 3 aromatic rings. The standard InChI is InChI=1S/C23H22FN5O4S/c1-12-6-16(24)15(7-17(12)28-21(31)18-10-27-22(25)34-18)20(30)29-19-3-2-13(9-26-19)33-14-8-23(4-5-23)32-11-14/h2-3,6-7,9-10,14H,4-5,8,11H2,1H3,(H2,25,27)(H,28,31)(H,26,29,30). The molecule has 2 fully saturated rings. The summed E-state index contributed by atoms with van der Waals surface area (Å²) in [4.78, 5) is 33.5. The lowest BCUT2D eigenvalue weighted by molar-refractivity contribution is 0.0784. The number of carbonyl (C=O) groups is 2. The molecule has 1 aliphatic heterocycles. The maximum atomic E-state index is 14.6. The Morgan fingerprint density at radius 1 is 1.21 bits per heavy atom. The van der Waals surface area contributed by atoms with E-state index in [0.29, 0.717) is 28.5 Å². The molecule has 1 aliphatic carbocycles. The maximum Gasteiger partial charge on any atom is 0.267 e. The first kappa shape index (κ1) is 22.2. The molecule has 1 saturated carbocycles. The van der Waals surface area contributed by atoms with Crippen LogP contribution in [0.1, 0.15) is 44.9 Å². The second-order valence-corrected chi connectivity index (χ2v) is 9.50. The summed E-state index contributed by atoms with van der Waals surface area (Å²) in [7, 11) is 0. The first-order valence-electron chi connectivity index (χ1n) is 10.7. The van der Waals surface area contributed by atoms with Gasteiger partial charge in [0.15, 0.2) is 5.13 Å². The Morgan fingerprint density at radius 2 is 2.03 bits per heavy atom. The van der Waals surface area contributed by atoms with Crippen LogP contribution in [0.5, 0.6) is 5.75 Å². The minimum absolute atomic E-state index is 0.0126. The van der Waals surface area contributed by atoms with Crippen molar-refractivity contribution in [2.45, 2.75) is 37.9 Å². The number of benzene rings is 1. The van der Waals surface area contributed by atoms with Crippen LogP contribution in [0.25, 0.3) is 0 Å². The van der Waals surface area contributed by atoms with Crippen molar-refractivity contribution in [2.24, 2.45) is 0 Å². The lowest BCUT2D eigenvalue weighted by atomic mass is 10.1. The fraction of sp³-hybridized carbons (Fsp3) is 0.304. The van der Waals surface area contributed by atoms with Crippen molar-refractivity contribution >= 4 is 39.8 Å². The van der Waals surface area contributed by atoms with Crippen LogP contribution in [0.2, 0.25) is 0 Å². The Morgan fingerprint density at radius 3 is 2.68 bits per heavy atom. The topological polar surface area (TPSA) is 128 Å². The molecule has 2 aliphatic rings. The molecule has 1 unspecified atom stereocenters. The number of ether oxygens (including phenoxy) is 2. The highest BCUT2D eigenvalue weighted by molar-refractivity contribution is 7.17. The zero-order valence-electron chi connectivity index (χ0n) is 18.3. The molecular weight excluding hydrogens is 461 g/mol. The molecule has 1 atom stereocenters. The molecule has 9 nitrogen and oxygen atoms in total. The fourth-order valence-electron chi connectivity index (χ4n) is 3.82. The van der Waals surface area contributed by atoms with Gasteiger partial charge < -0.3 is 25.8 Å². The SMILES string of the molecule is Cc1cc(F)c(C(=O)Nc2ccc(OC3COC4(CC4)C3)cn2)cc1NC(=O)c1cnc(N)s1. The van der Waals surface area contributed by atoms with Crippen LogP contribution >= 0.6 is 11.3 Å². The molecule has 0 bridgehead atoms. The number of amides is 2. The summed E-state index contributed by atoms with van der Waals surface area (Å²) in [5.74, 6) is -1.06. The molecule has 2 aromatic heterocycles. The Labute approximate surface area is 198 Å². The van der Waals surface area contributed by atoms with Crippen LogP contribution in [-0.2, 0) is 4.74 Å². The van der Waals surface area contributed by atoms with Crippen molar-refractivity contribution in [1.82, 2.24) is 9.97 Å². The van der Waals surface area contributed by atoms with Crippen LogP contribution in [0.15, 0.2) is 36.7 Å². The van der Waals surface area contributed by atoms with Crippen molar-refractivity contribution in [2.75, 3.05) is 23.0 Å². The van der Waals surface area contributed by atoms with Crippen LogP contribution in [0.3, 0.4) is 0 Å². The smallest absolute Gasteiger partial charge is 0.267 e. The van der Waals surface area contributed by atoms with Crippen molar-refractivity contribution < 1.29 is 23.5 Å². The summed E-state index contributed by atoms with van der Waals surface area (Å²) in [5.41, 5.74) is 6.12. The summed E-state index contributed by atoms with van der Waals surface area (Å²) in [6.45, 7) is 2.18. The third kappa shape index (κ3) is 4.70. The number of carbonyl (C=O) groups excluding carboxylic acids is 2. The molecule has 11 heteroatoms. The second-order valence-electron chi connectivity index (χ2n) is 8.44. The number of nitrogens with two attached hydrogens (primary N) is 1. The first-order chi connectivity index (χ1) is 16.3. The number of pyridine rings is 1. The Hall–Kier alpha value is -3.57. The number of halogens is 1. The number of hydrogen-bond donors (Lipinski definition) is 3. The molecule has 0 radical (unpaired) electrons. The predicted molar refractivity (Wildman–Crippen MR) is 125 cm³/mol. The van der Waals surface area contributed by atoms with Gasteiger partial charge in [0.25, 0.3) is 11.8 Å². The monoisotopic (exact) mass is 483 g/mol. The average Bonchev–Trinajstić information content (AvgIpc) is 3.22. The highest BCUT2D eigenvalue weighted by Crippen LogP contribution is 2.48.